The predicted octanol–water partition coefficient (Wildman–Crippen LogP) is -4.17. The molecular weight excluding hydrogens is 464 g/mol. The highest BCUT2D eigenvalue weighted by Gasteiger charge is 2.31. The van der Waals surface area contributed by atoms with Crippen LogP contribution in [0.15, 0.2) is 0 Å². The van der Waals surface area contributed by atoms with Gasteiger partial charge in [0.15, 0.2) is 0 Å². The summed E-state index contributed by atoms with van der Waals surface area (Å²) in [5.41, 5.74) is 15.5. The molecule has 0 aliphatic rings. The monoisotopic (exact) mass is 492 g/mol. The second-order valence-electron chi connectivity index (χ2n) is 6.85. The topological polar surface area (TPSA) is 274 Å². The predicted molar refractivity (Wildman–Crippen MR) is 114 cm³/mol. The zero-order chi connectivity index (χ0) is 25.7. The van der Waals surface area contributed by atoms with Crippen LogP contribution in [0, 0.1) is 0 Å². The van der Waals surface area contributed by atoms with Gasteiger partial charge in [-0.15, -0.1) is 0 Å². The molecule has 5 amide bonds. The molecule has 0 aromatic carbocycles. The molecule has 33 heavy (non-hydrogen) atoms. The van der Waals surface area contributed by atoms with Crippen molar-refractivity contribution in [1.82, 2.24) is 16.0 Å². The largest absolute Gasteiger partial charge is 0.481 e. The van der Waals surface area contributed by atoms with Gasteiger partial charge in [0.05, 0.1) is 25.3 Å². The lowest BCUT2D eigenvalue weighted by atomic mass is 10.1. The summed E-state index contributed by atoms with van der Waals surface area (Å²) in [6, 6.07) is -6.05. The second kappa shape index (κ2) is 14.6. The zero-order valence-electron chi connectivity index (χ0n) is 17.7. The molecule has 0 radical (unpaired) electrons. The summed E-state index contributed by atoms with van der Waals surface area (Å²) in [7, 11) is 0. The summed E-state index contributed by atoms with van der Waals surface area (Å²) >= 11 is 1.33. The number of carboxylic acids is 2. The van der Waals surface area contributed by atoms with Gasteiger partial charge in [0, 0.05) is 0 Å². The standard InChI is InChI=1S/C17H28N6O9S/c1-33-3-2-8(21-14(28)7(18)4-13(26)27)15(29)22-9(5-11(19)24)16(30)23-10(17(31)32)6-12(20)25/h7-10H,2-6,18H2,1H3,(H2,19,24)(H2,20,25)(H,21,28)(H,22,29)(H,23,30)(H,26,27)(H,31,32). The maximum Gasteiger partial charge on any atom is 0.326 e. The summed E-state index contributed by atoms with van der Waals surface area (Å²) in [6.45, 7) is 0. The Morgan fingerprint density at radius 3 is 1.67 bits per heavy atom. The van der Waals surface area contributed by atoms with E-state index in [4.69, 9.17) is 27.4 Å². The first kappa shape index (κ1) is 29.6. The van der Waals surface area contributed by atoms with Crippen LogP contribution in [-0.2, 0) is 33.6 Å². The van der Waals surface area contributed by atoms with Crippen LogP contribution in [0.25, 0.3) is 0 Å². The van der Waals surface area contributed by atoms with Crippen LogP contribution in [-0.4, -0.2) is 87.9 Å². The van der Waals surface area contributed by atoms with Gasteiger partial charge in [-0.25, -0.2) is 4.79 Å². The first-order valence-corrected chi connectivity index (χ1v) is 10.8. The van der Waals surface area contributed by atoms with Crippen molar-refractivity contribution in [2.75, 3.05) is 12.0 Å². The van der Waals surface area contributed by atoms with E-state index in [-0.39, 0.29) is 6.42 Å². The van der Waals surface area contributed by atoms with Crippen LogP contribution in [0.5, 0.6) is 0 Å². The number of thioether (sulfide) groups is 1. The molecule has 0 aromatic rings. The van der Waals surface area contributed by atoms with Crippen molar-refractivity contribution < 1.29 is 43.8 Å². The number of carbonyl (C=O) groups excluding carboxylic acids is 5. The molecular formula is C17H28N6O9S. The van der Waals surface area contributed by atoms with Gasteiger partial charge >= 0.3 is 11.9 Å². The van der Waals surface area contributed by atoms with Gasteiger partial charge in [0.1, 0.15) is 18.1 Å². The SMILES string of the molecule is CSCCC(NC(=O)C(N)CC(=O)O)C(=O)NC(CC(N)=O)C(=O)NC(CC(N)=O)C(=O)O. The molecule has 4 unspecified atom stereocenters. The minimum Gasteiger partial charge on any atom is -0.481 e. The normalized spacial score (nSPS) is 14.1. The molecule has 0 saturated carbocycles. The summed E-state index contributed by atoms with van der Waals surface area (Å²) in [5.74, 6) is -7.55. The third-order valence-corrected chi connectivity index (χ3v) is 4.68. The molecule has 0 aliphatic carbocycles. The number of nitrogens with two attached hydrogens (primary N) is 3. The van der Waals surface area contributed by atoms with Crippen molar-refractivity contribution in [3.8, 4) is 0 Å². The Hall–Kier alpha value is -3.40. The maximum atomic E-state index is 12.7. The Kier molecular flexibility index (Phi) is 13.1. The number of amides is 5. The molecule has 0 aromatic heterocycles. The van der Waals surface area contributed by atoms with Crippen molar-refractivity contribution in [3.63, 3.8) is 0 Å². The molecule has 0 saturated heterocycles. The number of carboxylic acid groups (broad SMARTS) is 2. The lowest BCUT2D eigenvalue weighted by molar-refractivity contribution is -0.144. The highest BCUT2D eigenvalue weighted by atomic mass is 32.2. The fourth-order valence-electron chi connectivity index (χ4n) is 2.42. The summed E-state index contributed by atoms with van der Waals surface area (Å²) in [4.78, 5) is 81.6. The third-order valence-electron chi connectivity index (χ3n) is 4.03. The van der Waals surface area contributed by atoms with Crippen LogP contribution in [0.4, 0.5) is 0 Å². The quantitative estimate of drug-likeness (QED) is 0.102. The summed E-state index contributed by atoms with van der Waals surface area (Å²) in [6.07, 6.45) is -0.371. The van der Waals surface area contributed by atoms with E-state index in [1.54, 1.807) is 6.26 Å². The Bertz CT molecular complexity index is 778. The lowest BCUT2D eigenvalue weighted by Crippen LogP contribution is -2.58. The van der Waals surface area contributed by atoms with Crippen molar-refractivity contribution in [3.05, 3.63) is 0 Å². The number of rotatable bonds is 16. The fraction of sp³-hybridized carbons (Fsp3) is 0.588. The molecule has 0 spiro atoms. The zero-order valence-corrected chi connectivity index (χ0v) is 18.6. The summed E-state index contributed by atoms with van der Waals surface area (Å²) < 4.78 is 0. The van der Waals surface area contributed by atoms with Crippen molar-refractivity contribution in [2.45, 2.75) is 49.9 Å². The lowest BCUT2D eigenvalue weighted by Gasteiger charge is -2.24. The Labute approximate surface area is 192 Å². The van der Waals surface area contributed by atoms with E-state index in [9.17, 15) is 33.6 Å². The van der Waals surface area contributed by atoms with E-state index in [0.717, 1.165) is 0 Å². The van der Waals surface area contributed by atoms with Crippen LogP contribution < -0.4 is 33.2 Å². The third kappa shape index (κ3) is 12.3. The number of hydrogen-bond donors (Lipinski definition) is 8. The molecule has 186 valence electrons. The molecule has 11 N–H and O–H groups in total. The molecule has 16 heteroatoms. The van der Waals surface area contributed by atoms with Gasteiger partial charge in [0.2, 0.25) is 29.5 Å². The van der Waals surface area contributed by atoms with E-state index in [1.165, 1.54) is 11.8 Å². The molecule has 0 aliphatic heterocycles. The highest BCUT2D eigenvalue weighted by Crippen LogP contribution is 2.05. The van der Waals surface area contributed by atoms with Gasteiger partial charge in [-0.05, 0) is 18.4 Å². The maximum absolute atomic E-state index is 12.7. The van der Waals surface area contributed by atoms with Crippen LogP contribution in [0.1, 0.15) is 25.7 Å². The first-order valence-electron chi connectivity index (χ1n) is 9.45. The Morgan fingerprint density at radius 1 is 0.758 bits per heavy atom. The number of primary amides is 2. The molecule has 0 bridgehead atoms. The molecule has 0 heterocycles. The summed E-state index contributed by atoms with van der Waals surface area (Å²) in [5, 5.41) is 24.3. The van der Waals surface area contributed by atoms with Gasteiger partial charge < -0.3 is 43.4 Å². The molecule has 0 rings (SSSR count). The molecule has 0 fully saturated rings. The molecule has 4 atom stereocenters. The number of nitrogens with one attached hydrogen (secondary N) is 3. The van der Waals surface area contributed by atoms with Crippen molar-refractivity contribution in [2.24, 2.45) is 17.2 Å². The van der Waals surface area contributed by atoms with Crippen LogP contribution in [0.3, 0.4) is 0 Å². The van der Waals surface area contributed by atoms with E-state index in [1.807, 2.05) is 5.32 Å². The smallest absolute Gasteiger partial charge is 0.326 e. The number of hydrogen-bond acceptors (Lipinski definition) is 9. The van der Waals surface area contributed by atoms with Gasteiger partial charge in [-0.2, -0.15) is 11.8 Å². The van der Waals surface area contributed by atoms with Crippen LogP contribution in [0.2, 0.25) is 0 Å². The van der Waals surface area contributed by atoms with Crippen molar-refractivity contribution >= 4 is 53.2 Å². The minimum atomic E-state index is -1.72. The molecule has 15 nitrogen and oxygen atoms in total. The number of aliphatic carboxylic acids is 2. The highest BCUT2D eigenvalue weighted by molar-refractivity contribution is 7.98. The second-order valence-corrected chi connectivity index (χ2v) is 7.83. The van der Waals surface area contributed by atoms with E-state index >= 15 is 0 Å². The van der Waals surface area contributed by atoms with Gasteiger partial charge in [0.25, 0.3) is 0 Å². The average molecular weight is 493 g/mol. The van der Waals surface area contributed by atoms with Crippen molar-refractivity contribution in [1.29, 1.82) is 0 Å². The number of carbonyl (C=O) groups is 7. The van der Waals surface area contributed by atoms with E-state index in [0.29, 0.717) is 5.75 Å². The van der Waals surface area contributed by atoms with Gasteiger partial charge in [-0.3, -0.25) is 28.8 Å². The van der Waals surface area contributed by atoms with E-state index < -0.39 is 84.9 Å². The Morgan fingerprint density at radius 2 is 1.21 bits per heavy atom. The first-order chi connectivity index (χ1) is 15.3. The van der Waals surface area contributed by atoms with E-state index in [2.05, 4.69) is 10.6 Å². The minimum absolute atomic E-state index is 0.0584. The fourth-order valence-corrected chi connectivity index (χ4v) is 2.89. The Balaban J connectivity index is 5.51. The van der Waals surface area contributed by atoms with Gasteiger partial charge in [-0.1, -0.05) is 0 Å². The average Bonchev–Trinajstić information content (AvgIpc) is 2.68. The van der Waals surface area contributed by atoms with Crippen LogP contribution >= 0.6 is 11.8 Å².